The molecule has 0 saturated carbocycles. The molecule has 0 spiro atoms. The van der Waals surface area contributed by atoms with Crippen molar-refractivity contribution in [1.29, 1.82) is 0 Å². The molecular weight excluding hydrogens is 550 g/mol. The Hall–Kier alpha value is -2.31. The van der Waals surface area contributed by atoms with Gasteiger partial charge in [0.2, 0.25) is 0 Å². The SMILES string of the molecule is CCCCCCCCCCCCCCOc1cc(CN(C(=O)NC)c2ccc(CN3C=C(C)SC3)cc2)ccc1Cl. The van der Waals surface area contributed by atoms with E-state index in [2.05, 4.69) is 42.4 Å². The highest BCUT2D eigenvalue weighted by atomic mass is 35.5. The van der Waals surface area contributed by atoms with E-state index >= 15 is 0 Å². The summed E-state index contributed by atoms with van der Waals surface area (Å²) in [6, 6.07) is 13.9. The van der Waals surface area contributed by atoms with Gasteiger partial charge in [-0.15, -0.1) is 11.8 Å². The van der Waals surface area contributed by atoms with Crippen molar-refractivity contribution in [1.82, 2.24) is 10.2 Å². The first-order valence-corrected chi connectivity index (χ1v) is 16.9. The van der Waals surface area contributed by atoms with Crippen molar-refractivity contribution in [3.8, 4) is 5.75 Å². The predicted molar refractivity (Wildman–Crippen MR) is 177 cm³/mol. The van der Waals surface area contributed by atoms with Gasteiger partial charge in [-0.05, 0) is 53.6 Å². The summed E-state index contributed by atoms with van der Waals surface area (Å²) < 4.78 is 6.07. The number of carbonyl (C=O) groups is 1. The Labute approximate surface area is 258 Å². The van der Waals surface area contributed by atoms with E-state index < -0.39 is 0 Å². The van der Waals surface area contributed by atoms with Crippen LogP contribution in [0, 0.1) is 0 Å². The van der Waals surface area contributed by atoms with Crippen molar-refractivity contribution in [2.45, 2.75) is 104 Å². The topological polar surface area (TPSA) is 44.8 Å². The number of ether oxygens (including phenoxy) is 1. The third-order valence-corrected chi connectivity index (χ3v) is 8.84. The van der Waals surface area contributed by atoms with Gasteiger partial charge in [0, 0.05) is 25.5 Å². The number of anilines is 1. The van der Waals surface area contributed by atoms with Gasteiger partial charge in [0.25, 0.3) is 0 Å². The second-order valence-corrected chi connectivity index (χ2v) is 12.7. The summed E-state index contributed by atoms with van der Waals surface area (Å²) in [5.74, 6) is 1.67. The number of hydrogen-bond donors (Lipinski definition) is 1. The van der Waals surface area contributed by atoms with Gasteiger partial charge in [-0.2, -0.15) is 0 Å². The Morgan fingerprint density at radius 1 is 0.927 bits per heavy atom. The number of allylic oxidation sites excluding steroid dienone is 1. The highest BCUT2D eigenvalue weighted by Crippen LogP contribution is 2.29. The summed E-state index contributed by atoms with van der Waals surface area (Å²) in [7, 11) is 1.66. The van der Waals surface area contributed by atoms with Crippen LogP contribution in [0.15, 0.2) is 53.6 Å². The van der Waals surface area contributed by atoms with Crippen LogP contribution in [0.5, 0.6) is 5.75 Å². The Morgan fingerprint density at radius 2 is 1.54 bits per heavy atom. The molecule has 2 aromatic carbocycles. The maximum absolute atomic E-state index is 12.8. The molecule has 41 heavy (non-hydrogen) atoms. The summed E-state index contributed by atoms with van der Waals surface area (Å²) >= 11 is 8.32. The summed E-state index contributed by atoms with van der Waals surface area (Å²) in [5.41, 5.74) is 3.04. The normalized spacial score (nSPS) is 12.9. The fourth-order valence-corrected chi connectivity index (χ4v) is 6.03. The Balaban J connectivity index is 1.43. The van der Waals surface area contributed by atoms with E-state index in [9.17, 15) is 4.79 Å². The van der Waals surface area contributed by atoms with E-state index in [1.165, 1.54) is 81.1 Å². The molecule has 0 aromatic heterocycles. The number of hydrogen-bond acceptors (Lipinski definition) is 4. The van der Waals surface area contributed by atoms with Crippen LogP contribution in [0.3, 0.4) is 0 Å². The van der Waals surface area contributed by atoms with Crippen molar-refractivity contribution < 1.29 is 9.53 Å². The van der Waals surface area contributed by atoms with Crippen LogP contribution in [-0.4, -0.2) is 30.5 Å². The molecule has 0 bridgehead atoms. The first-order valence-electron chi connectivity index (χ1n) is 15.5. The van der Waals surface area contributed by atoms with Gasteiger partial charge in [-0.25, -0.2) is 4.79 Å². The highest BCUT2D eigenvalue weighted by molar-refractivity contribution is 8.03. The minimum absolute atomic E-state index is 0.152. The molecule has 1 aliphatic rings. The lowest BCUT2D eigenvalue weighted by Crippen LogP contribution is -2.37. The van der Waals surface area contributed by atoms with E-state index in [0.717, 1.165) is 30.1 Å². The molecule has 3 rings (SSSR count). The molecule has 5 nitrogen and oxygen atoms in total. The van der Waals surface area contributed by atoms with Crippen molar-refractivity contribution >= 4 is 35.1 Å². The van der Waals surface area contributed by atoms with Crippen LogP contribution in [0.2, 0.25) is 5.02 Å². The number of nitrogens with zero attached hydrogens (tertiary/aromatic N) is 2. The molecule has 226 valence electrons. The lowest BCUT2D eigenvalue weighted by Gasteiger charge is -2.23. The number of carbonyl (C=O) groups excluding carboxylic acids is 1. The molecule has 1 N–H and O–H groups in total. The number of amides is 2. The number of thioether (sulfide) groups is 1. The van der Waals surface area contributed by atoms with Crippen LogP contribution in [-0.2, 0) is 13.1 Å². The second-order valence-electron chi connectivity index (χ2n) is 11.1. The molecule has 0 radical (unpaired) electrons. The zero-order valence-corrected chi connectivity index (χ0v) is 27.0. The van der Waals surface area contributed by atoms with Crippen molar-refractivity contribution in [3.63, 3.8) is 0 Å². The second kappa shape index (κ2) is 19.0. The lowest BCUT2D eigenvalue weighted by molar-refractivity contribution is 0.248. The first kappa shape index (κ1) is 33.2. The Morgan fingerprint density at radius 3 is 2.12 bits per heavy atom. The predicted octanol–water partition coefficient (Wildman–Crippen LogP) is 10.1. The van der Waals surface area contributed by atoms with E-state index in [1.807, 2.05) is 42.1 Å². The van der Waals surface area contributed by atoms with Gasteiger partial charge in [0.1, 0.15) is 5.75 Å². The summed E-state index contributed by atoms with van der Waals surface area (Å²) in [5, 5.41) is 3.38. The van der Waals surface area contributed by atoms with Gasteiger partial charge >= 0.3 is 6.03 Å². The van der Waals surface area contributed by atoms with Gasteiger partial charge < -0.3 is 15.0 Å². The first-order chi connectivity index (χ1) is 20.0. The lowest BCUT2D eigenvalue weighted by atomic mass is 10.1. The molecule has 0 aliphatic carbocycles. The van der Waals surface area contributed by atoms with E-state index in [-0.39, 0.29) is 6.03 Å². The highest BCUT2D eigenvalue weighted by Gasteiger charge is 2.17. The van der Waals surface area contributed by atoms with E-state index in [0.29, 0.717) is 23.9 Å². The largest absolute Gasteiger partial charge is 0.492 e. The van der Waals surface area contributed by atoms with Gasteiger partial charge in [0.05, 0.1) is 24.1 Å². The third-order valence-electron chi connectivity index (χ3n) is 7.51. The standard InChI is InChI=1S/C34H50ClN3O2S/c1-4-5-6-7-8-9-10-11-12-13-14-15-22-40-33-23-30(18-21-32(33)35)26-38(34(39)36-3)31-19-16-29(17-20-31)25-37-24-28(2)41-27-37/h16-21,23-24H,4-15,22,25-27H2,1-3H3,(H,36,39). The summed E-state index contributed by atoms with van der Waals surface area (Å²) in [4.78, 5) is 18.2. The molecule has 0 saturated heterocycles. The molecule has 2 aromatic rings. The number of unbranched alkanes of at least 4 members (excludes halogenated alkanes) is 11. The van der Waals surface area contributed by atoms with Crippen molar-refractivity contribution in [2.75, 3.05) is 24.4 Å². The third kappa shape index (κ3) is 12.2. The average Bonchev–Trinajstić information content (AvgIpc) is 3.39. The fraction of sp³-hybridized carbons (Fsp3) is 0.559. The molecular formula is C34H50ClN3O2S. The summed E-state index contributed by atoms with van der Waals surface area (Å²) in [6.45, 7) is 6.36. The zero-order chi connectivity index (χ0) is 29.3. The van der Waals surface area contributed by atoms with E-state index in [4.69, 9.17) is 16.3 Å². The number of benzene rings is 2. The minimum atomic E-state index is -0.152. The van der Waals surface area contributed by atoms with Crippen LogP contribution < -0.4 is 15.0 Å². The average molecular weight is 600 g/mol. The molecule has 7 heteroatoms. The van der Waals surface area contributed by atoms with Crippen LogP contribution in [0.1, 0.15) is 102 Å². The quantitative estimate of drug-likeness (QED) is 0.163. The monoisotopic (exact) mass is 599 g/mol. The molecule has 0 atom stereocenters. The molecule has 0 unspecified atom stereocenters. The van der Waals surface area contributed by atoms with Gasteiger partial charge in [0.15, 0.2) is 0 Å². The van der Waals surface area contributed by atoms with Crippen molar-refractivity contribution in [2.24, 2.45) is 0 Å². The number of nitrogens with one attached hydrogen (secondary N) is 1. The maximum Gasteiger partial charge on any atom is 0.321 e. The molecule has 2 amide bonds. The number of halogens is 1. The Kier molecular flexibility index (Phi) is 15.4. The molecule has 1 heterocycles. The Bertz CT molecular complexity index is 1080. The summed E-state index contributed by atoms with van der Waals surface area (Å²) in [6.07, 6.45) is 18.0. The minimum Gasteiger partial charge on any atom is -0.492 e. The number of urea groups is 1. The van der Waals surface area contributed by atoms with E-state index in [1.54, 1.807) is 11.9 Å². The van der Waals surface area contributed by atoms with Crippen molar-refractivity contribution in [3.05, 3.63) is 69.7 Å². The van der Waals surface area contributed by atoms with Crippen LogP contribution >= 0.6 is 23.4 Å². The number of rotatable bonds is 19. The van der Waals surface area contributed by atoms with Crippen LogP contribution in [0.25, 0.3) is 0 Å². The maximum atomic E-state index is 12.8. The van der Waals surface area contributed by atoms with Gasteiger partial charge in [-0.1, -0.05) is 107 Å². The molecule has 0 fully saturated rings. The zero-order valence-electron chi connectivity index (χ0n) is 25.4. The van der Waals surface area contributed by atoms with Gasteiger partial charge in [-0.3, -0.25) is 4.90 Å². The fourth-order valence-electron chi connectivity index (χ4n) is 5.10. The molecule has 1 aliphatic heterocycles. The smallest absolute Gasteiger partial charge is 0.321 e. The van der Waals surface area contributed by atoms with Crippen LogP contribution in [0.4, 0.5) is 10.5 Å².